The molecule has 0 saturated carbocycles. The fourth-order valence-electron chi connectivity index (χ4n) is 5.66. The maximum absolute atomic E-state index is 13.7. The van der Waals surface area contributed by atoms with Gasteiger partial charge in [-0.3, -0.25) is 4.98 Å². The number of aromatic nitrogens is 1. The fraction of sp³-hybridized carbons (Fsp3) is 0.625. The summed E-state index contributed by atoms with van der Waals surface area (Å²) in [5.41, 5.74) is 7.14. The Morgan fingerprint density at radius 2 is 1.87 bits per heavy atom. The lowest BCUT2D eigenvalue weighted by Crippen LogP contribution is -2.39. The van der Waals surface area contributed by atoms with E-state index in [1.807, 2.05) is 41.5 Å². The number of piperidine rings is 1. The molecule has 1 saturated heterocycles. The van der Waals surface area contributed by atoms with Crippen LogP contribution in [0.15, 0.2) is 18.2 Å². The number of benzene rings is 1. The van der Waals surface area contributed by atoms with Crippen LogP contribution in [0.25, 0.3) is 11.1 Å². The van der Waals surface area contributed by atoms with Crippen LogP contribution in [0.3, 0.4) is 0 Å². The lowest BCUT2D eigenvalue weighted by atomic mass is 9.81. The number of ether oxygens (including phenoxy) is 2. The minimum absolute atomic E-state index is 0.192. The summed E-state index contributed by atoms with van der Waals surface area (Å²) in [6.07, 6.45) is 1.78. The zero-order valence-electron chi connectivity index (χ0n) is 25.1. The molecule has 2 aliphatic heterocycles. The zero-order chi connectivity index (χ0) is 28.5. The summed E-state index contributed by atoms with van der Waals surface area (Å²) < 4.78 is 12.2. The number of carbonyl (C=O) groups is 1. The lowest BCUT2D eigenvalue weighted by Gasteiger charge is -2.41. The van der Waals surface area contributed by atoms with Crippen LogP contribution >= 0.6 is 0 Å². The van der Waals surface area contributed by atoms with Gasteiger partial charge in [0.05, 0.1) is 29.7 Å². The molecule has 2 aliphatic rings. The Hall–Kier alpha value is -2.48. The highest BCUT2D eigenvalue weighted by Crippen LogP contribution is 2.45. The van der Waals surface area contributed by atoms with Gasteiger partial charge in [0.2, 0.25) is 0 Å². The van der Waals surface area contributed by atoms with E-state index in [9.17, 15) is 9.90 Å². The van der Waals surface area contributed by atoms with Crippen LogP contribution in [-0.2, 0) is 33.8 Å². The number of nitrogens with zero attached hydrogens (tertiary/aromatic N) is 2. The highest BCUT2D eigenvalue weighted by atomic mass is 16.6. The Balaban J connectivity index is 1.99. The smallest absolute Gasteiger partial charge is 0.340 e. The third-order valence-corrected chi connectivity index (χ3v) is 7.74. The minimum atomic E-state index is -0.946. The number of rotatable bonds is 7. The Morgan fingerprint density at radius 3 is 2.49 bits per heavy atom. The van der Waals surface area contributed by atoms with Gasteiger partial charge in [0, 0.05) is 36.5 Å². The first kappa shape index (κ1) is 29.5. The maximum atomic E-state index is 13.7. The summed E-state index contributed by atoms with van der Waals surface area (Å²) in [5, 5.41) is 14.0. The maximum Gasteiger partial charge on any atom is 0.340 e. The number of hydrogen-bond acceptors (Lipinski definition) is 7. The first-order chi connectivity index (χ1) is 18.3. The molecule has 7 nitrogen and oxygen atoms in total. The number of aliphatic hydroxyl groups excluding tert-OH is 1. The van der Waals surface area contributed by atoms with E-state index < -0.39 is 17.7 Å². The number of carbonyl (C=O) groups excluding carboxylic acids is 1. The van der Waals surface area contributed by atoms with Crippen molar-refractivity contribution in [1.29, 1.82) is 0 Å². The molecule has 39 heavy (non-hydrogen) atoms. The lowest BCUT2D eigenvalue weighted by molar-refractivity contribution is -0.171. The zero-order valence-corrected chi connectivity index (χ0v) is 25.1. The number of anilines is 1. The Bertz CT molecular complexity index is 1190. The largest absolute Gasteiger partial charge is 0.461 e. The number of pyridine rings is 1. The summed E-state index contributed by atoms with van der Waals surface area (Å²) in [6, 6.07) is 6.55. The average Bonchev–Trinajstić information content (AvgIpc) is 2.85. The summed E-state index contributed by atoms with van der Waals surface area (Å²) >= 11 is 0. The molecule has 3 heterocycles. The van der Waals surface area contributed by atoms with Crippen LogP contribution in [0.2, 0.25) is 0 Å². The van der Waals surface area contributed by atoms with E-state index in [1.165, 1.54) is 11.1 Å². The van der Waals surface area contributed by atoms with E-state index in [4.69, 9.17) is 14.5 Å². The van der Waals surface area contributed by atoms with Crippen molar-refractivity contribution in [1.82, 2.24) is 10.3 Å². The van der Waals surface area contributed by atoms with E-state index in [-0.39, 0.29) is 18.1 Å². The highest BCUT2D eigenvalue weighted by molar-refractivity contribution is 5.88. The number of esters is 1. The number of nitrogens with one attached hydrogen (secondary N) is 1. The van der Waals surface area contributed by atoms with Crippen molar-refractivity contribution in [3.63, 3.8) is 0 Å². The van der Waals surface area contributed by atoms with E-state index in [1.54, 1.807) is 0 Å². The molecule has 1 aromatic carbocycles. The van der Waals surface area contributed by atoms with Gasteiger partial charge in [0.1, 0.15) is 0 Å². The molecule has 0 aliphatic carbocycles. The van der Waals surface area contributed by atoms with Gasteiger partial charge in [-0.15, -0.1) is 0 Å². The molecule has 1 fully saturated rings. The molecule has 1 aromatic heterocycles. The second kappa shape index (κ2) is 11.6. The van der Waals surface area contributed by atoms with Crippen LogP contribution in [0, 0.1) is 12.3 Å². The molecule has 4 rings (SSSR count). The topological polar surface area (TPSA) is 83.9 Å². The molecule has 2 N–H and O–H groups in total. The van der Waals surface area contributed by atoms with Crippen molar-refractivity contribution in [3.05, 3.63) is 46.3 Å². The molecule has 1 atom stereocenters. The van der Waals surface area contributed by atoms with Crippen molar-refractivity contribution >= 4 is 11.7 Å². The molecule has 7 heteroatoms. The van der Waals surface area contributed by atoms with Crippen LogP contribution in [0.4, 0.5) is 5.69 Å². The number of hydrogen-bond donors (Lipinski definition) is 2. The molecule has 0 bridgehead atoms. The first-order valence-corrected chi connectivity index (χ1v) is 14.4. The highest BCUT2D eigenvalue weighted by Gasteiger charge is 2.38. The van der Waals surface area contributed by atoms with Crippen LogP contribution in [0.5, 0.6) is 0 Å². The number of aliphatic hydroxyl groups is 1. The predicted octanol–water partition coefficient (Wildman–Crippen LogP) is 5.63. The van der Waals surface area contributed by atoms with Gasteiger partial charge in [0.15, 0.2) is 6.10 Å². The third-order valence-electron chi connectivity index (χ3n) is 7.74. The van der Waals surface area contributed by atoms with Crippen molar-refractivity contribution in [3.8, 4) is 11.1 Å². The monoisotopic (exact) mass is 537 g/mol. The Labute approximate surface area is 234 Å². The minimum Gasteiger partial charge on any atom is -0.461 e. The molecule has 0 spiro atoms. The van der Waals surface area contributed by atoms with Crippen molar-refractivity contribution < 1.29 is 19.4 Å². The van der Waals surface area contributed by atoms with E-state index >= 15 is 0 Å². The molecule has 2 aromatic rings. The summed E-state index contributed by atoms with van der Waals surface area (Å²) in [6.45, 7) is 19.4. The molecule has 214 valence electrons. The first-order valence-electron chi connectivity index (χ1n) is 14.4. The van der Waals surface area contributed by atoms with E-state index in [0.29, 0.717) is 11.4 Å². The van der Waals surface area contributed by atoms with E-state index in [0.717, 1.165) is 67.8 Å². The van der Waals surface area contributed by atoms with Crippen molar-refractivity contribution in [2.24, 2.45) is 5.41 Å². The summed E-state index contributed by atoms with van der Waals surface area (Å²) in [4.78, 5) is 20.9. The van der Waals surface area contributed by atoms with Crippen molar-refractivity contribution in [2.75, 3.05) is 24.5 Å². The normalized spacial score (nSPS) is 18.2. The average molecular weight is 538 g/mol. The molecule has 1 unspecified atom stereocenters. The van der Waals surface area contributed by atoms with Crippen LogP contribution < -0.4 is 10.2 Å². The molecule has 0 amide bonds. The van der Waals surface area contributed by atoms with Crippen LogP contribution in [-0.4, -0.2) is 47.4 Å². The Morgan fingerprint density at radius 1 is 1.18 bits per heavy atom. The quantitative estimate of drug-likeness (QED) is 0.443. The summed E-state index contributed by atoms with van der Waals surface area (Å²) in [7, 11) is 0. The molecular weight excluding hydrogens is 490 g/mol. The summed E-state index contributed by atoms with van der Waals surface area (Å²) in [5.74, 6) is -0.414. The SMILES string of the molecule is Cc1nc(CO)c(-c2ccc3c(c2)CCNC3)c(N2CCC(C)(C)CC2)c1C(OC(C)(C)C)C(=O)OC(C)C. The van der Waals surface area contributed by atoms with Gasteiger partial charge in [-0.25, -0.2) is 4.79 Å². The second-order valence-electron chi connectivity index (χ2n) is 13.1. The van der Waals surface area contributed by atoms with Gasteiger partial charge in [-0.2, -0.15) is 0 Å². The second-order valence-corrected chi connectivity index (χ2v) is 13.1. The van der Waals surface area contributed by atoms with Gasteiger partial charge in [-0.05, 0) is 89.5 Å². The van der Waals surface area contributed by atoms with Gasteiger partial charge in [0.25, 0.3) is 0 Å². The van der Waals surface area contributed by atoms with Gasteiger partial charge >= 0.3 is 5.97 Å². The fourth-order valence-corrected chi connectivity index (χ4v) is 5.66. The molecule has 0 radical (unpaired) electrons. The van der Waals surface area contributed by atoms with Gasteiger partial charge in [-0.1, -0.05) is 32.0 Å². The van der Waals surface area contributed by atoms with E-state index in [2.05, 4.69) is 42.3 Å². The third kappa shape index (κ3) is 6.82. The standard InChI is InChI=1S/C32H47N3O4/c1-20(2)38-30(37)29(39-31(4,5)6)26-21(3)34-25(19-36)27(28(26)35-15-12-32(7,8)13-16-35)23-9-10-24-18-33-14-11-22(24)17-23/h9-10,17,20,29,33,36H,11-16,18-19H2,1-8H3. The van der Waals surface area contributed by atoms with Crippen molar-refractivity contribution in [2.45, 2.75) is 106 Å². The Kier molecular flexibility index (Phi) is 8.74. The van der Waals surface area contributed by atoms with Crippen LogP contribution in [0.1, 0.15) is 95.5 Å². The number of fused-ring (bicyclic) bond motifs is 1. The molecular formula is C32H47N3O4. The van der Waals surface area contributed by atoms with Gasteiger partial charge < -0.3 is 24.8 Å². The predicted molar refractivity (Wildman–Crippen MR) is 156 cm³/mol. The number of aryl methyl sites for hydroxylation is 1.